The summed E-state index contributed by atoms with van der Waals surface area (Å²) in [7, 11) is 3.95. The van der Waals surface area contributed by atoms with Crippen LogP contribution in [0.5, 0.6) is 0 Å². The predicted molar refractivity (Wildman–Crippen MR) is 113 cm³/mol. The molecule has 1 N–H and O–H groups in total. The van der Waals surface area contributed by atoms with Gasteiger partial charge in [0.1, 0.15) is 0 Å². The zero-order valence-corrected chi connectivity index (χ0v) is 17.3. The average molecular weight is 383 g/mol. The maximum absolute atomic E-state index is 12.1. The van der Waals surface area contributed by atoms with Gasteiger partial charge in [-0.05, 0) is 45.1 Å². The van der Waals surface area contributed by atoms with Crippen molar-refractivity contribution in [1.29, 1.82) is 0 Å². The van der Waals surface area contributed by atoms with Gasteiger partial charge in [-0.3, -0.25) is 4.79 Å². The quantitative estimate of drug-likeness (QED) is 0.821. The summed E-state index contributed by atoms with van der Waals surface area (Å²) in [5.41, 5.74) is 4.47. The van der Waals surface area contributed by atoms with Crippen LogP contribution < -0.4 is 15.1 Å². The van der Waals surface area contributed by atoms with Gasteiger partial charge in [-0.25, -0.2) is 9.97 Å². The first-order valence-corrected chi connectivity index (χ1v) is 9.77. The normalized spacial score (nSPS) is 14.5. The molecule has 3 rings (SSSR count). The summed E-state index contributed by atoms with van der Waals surface area (Å²) >= 11 is 0. The number of anilines is 2. The maximum atomic E-state index is 12.1. The minimum Gasteiger partial charge on any atom is -0.368 e. The lowest BCUT2D eigenvalue weighted by atomic mass is 10.1. The standard InChI is InChI=1S/C21H30N6O/c1-16-6-5-7-19(17(16)2)26-10-12-27(13-11-26)21-23-14-18(15-24-21)20(28)22-8-9-25(3)4/h5-7,14-15H,8-13H2,1-4H3,(H,22,28). The van der Waals surface area contributed by atoms with E-state index in [0.29, 0.717) is 18.1 Å². The summed E-state index contributed by atoms with van der Waals surface area (Å²) in [6, 6.07) is 6.47. The van der Waals surface area contributed by atoms with Crippen LogP contribution in [0.4, 0.5) is 11.6 Å². The Kier molecular flexibility index (Phi) is 6.46. The predicted octanol–water partition coefficient (Wildman–Crippen LogP) is 1.71. The first-order valence-electron chi connectivity index (χ1n) is 9.77. The topological polar surface area (TPSA) is 64.6 Å². The first kappa shape index (κ1) is 20.1. The Morgan fingerprint density at radius 3 is 2.36 bits per heavy atom. The number of benzene rings is 1. The van der Waals surface area contributed by atoms with Gasteiger partial charge in [0, 0.05) is 57.3 Å². The number of amides is 1. The summed E-state index contributed by atoms with van der Waals surface area (Å²) in [6.45, 7) is 9.33. The van der Waals surface area contributed by atoms with Crippen molar-refractivity contribution in [2.75, 3.05) is 63.2 Å². The van der Waals surface area contributed by atoms with Crippen LogP contribution in [-0.4, -0.2) is 74.1 Å². The van der Waals surface area contributed by atoms with Gasteiger partial charge in [0.25, 0.3) is 5.91 Å². The molecule has 150 valence electrons. The van der Waals surface area contributed by atoms with Gasteiger partial charge in [0.15, 0.2) is 0 Å². The van der Waals surface area contributed by atoms with Crippen LogP contribution >= 0.6 is 0 Å². The third-order valence-electron chi connectivity index (χ3n) is 5.22. The molecule has 7 nitrogen and oxygen atoms in total. The summed E-state index contributed by atoms with van der Waals surface area (Å²) in [4.78, 5) is 27.6. The molecule has 1 amide bonds. The number of aryl methyl sites for hydroxylation is 1. The minimum atomic E-state index is -0.131. The molecule has 0 aliphatic carbocycles. The molecule has 1 fully saturated rings. The molecule has 7 heteroatoms. The molecule has 0 saturated carbocycles. The van der Waals surface area contributed by atoms with Gasteiger partial charge in [-0.2, -0.15) is 0 Å². The Morgan fingerprint density at radius 2 is 1.71 bits per heavy atom. The number of nitrogens with one attached hydrogen (secondary N) is 1. The summed E-state index contributed by atoms with van der Waals surface area (Å²) in [6.07, 6.45) is 3.23. The third kappa shape index (κ3) is 4.78. The van der Waals surface area contributed by atoms with Crippen molar-refractivity contribution in [3.8, 4) is 0 Å². The Balaban J connectivity index is 1.56. The van der Waals surface area contributed by atoms with Crippen molar-refractivity contribution in [2.45, 2.75) is 13.8 Å². The number of piperazine rings is 1. The molecule has 2 heterocycles. The highest BCUT2D eigenvalue weighted by molar-refractivity contribution is 5.93. The van der Waals surface area contributed by atoms with Crippen LogP contribution in [0, 0.1) is 13.8 Å². The van der Waals surface area contributed by atoms with Crippen molar-refractivity contribution in [3.63, 3.8) is 0 Å². The monoisotopic (exact) mass is 382 g/mol. The third-order valence-corrected chi connectivity index (χ3v) is 5.22. The van der Waals surface area contributed by atoms with Crippen molar-refractivity contribution >= 4 is 17.5 Å². The SMILES string of the molecule is Cc1cccc(N2CCN(c3ncc(C(=O)NCCN(C)C)cn3)CC2)c1C. The lowest BCUT2D eigenvalue weighted by Crippen LogP contribution is -2.47. The van der Waals surface area contributed by atoms with Gasteiger partial charge >= 0.3 is 0 Å². The second-order valence-corrected chi connectivity index (χ2v) is 7.52. The Bertz CT molecular complexity index is 797. The average Bonchev–Trinajstić information content (AvgIpc) is 2.70. The van der Waals surface area contributed by atoms with E-state index in [4.69, 9.17) is 0 Å². The van der Waals surface area contributed by atoms with Gasteiger partial charge < -0.3 is 20.0 Å². The molecule has 1 aromatic carbocycles. The van der Waals surface area contributed by atoms with E-state index in [-0.39, 0.29) is 5.91 Å². The van der Waals surface area contributed by atoms with E-state index in [1.807, 2.05) is 19.0 Å². The summed E-state index contributed by atoms with van der Waals surface area (Å²) in [5, 5.41) is 2.88. The minimum absolute atomic E-state index is 0.131. The highest BCUT2D eigenvalue weighted by atomic mass is 16.1. The van der Waals surface area contributed by atoms with Crippen LogP contribution in [0.25, 0.3) is 0 Å². The molecule has 28 heavy (non-hydrogen) atoms. The molecule has 1 aromatic heterocycles. The molecule has 1 aliphatic rings. The van der Waals surface area contributed by atoms with Crippen molar-refractivity contribution in [3.05, 3.63) is 47.3 Å². The van der Waals surface area contributed by atoms with Crippen molar-refractivity contribution < 1.29 is 4.79 Å². The molecule has 0 spiro atoms. The molecule has 0 unspecified atom stereocenters. The molecule has 0 radical (unpaired) electrons. The van der Waals surface area contributed by atoms with Crippen LogP contribution in [-0.2, 0) is 0 Å². The lowest BCUT2D eigenvalue weighted by Gasteiger charge is -2.37. The highest BCUT2D eigenvalue weighted by Gasteiger charge is 2.20. The van der Waals surface area contributed by atoms with Crippen LogP contribution in [0.2, 0.25) is 0 Å². The number of likely N-dealkylation sites (N-methyl/N-ethyl adjacent to an activating group) is 1. The van der Waals surface area contributed by atoms with Gasteiger partial charge in [0.05, 0.1) is 5.56 Å². The molecular formula is C21H30N6O. The van der Waals surface area contributed by atoms with E-state index >= 15 is 0 Å². The van der Waals surface area contributed by atoms with E-state index in [0.717, 1.165) is 32.7 Å². The molecular weight excluding hydrogens is 352 g/mol. The molecule has 1 aliphatic heterocycles. The Morgan fingerprint density at radius 1 is 1.07 bits per heavy atom. The summed E-state index contributed by atoms with van der Waals surface area (Å²) < 4.78 is 0. The number of carbonyl (C=O) groups is 1. The number of carbonyl (C=O) groups excluding carboxylic acids is 1. The van der Waals surface area contributed by atoms with Crippen LogP contribution in [0.1, 0.15) is 21.5 Å². The van der Waals surface area contributed by atoms with Crippen molar-refractivity contribution in [2.24, 2.45) is 0 Å². The maximum Gasteiger partial charge on any atom is 0.254 e. The molecule has 0 bridgehead atoms. The second kappa shape index (κ2) is 9.01. The molecule has 0 atom stereocenters. The number of hydrogen-bond donors (Lipinski definition) is 1. The largest absolute Gasteiger partial charge is 0.368 e. The Labute approximate surface area is 167 Å². The van der Waals surface area contributed by atoms with Crippen LogP contribution in [0.15, 0.2) is 30.6 Å². The van der Waals surface area contributed by atoms with Gasteiger partial charge in [-0.15, -0.1) is 0 Å². The second-order valence-electron chi connectivity index (χ2n) is 7.52. The summed E-state index contributed by atoms with van der Waals surface area (Å²) in [5.74, 6) is 0.554. The fourth-order valence-corrected chi connectivity index (χ4v) is 3.32. The molecule has 1 saturated heterocycles. The Hall–Kier alpha value is -2.67. The van der Waals surface area contributed by atoms with Gasteiger partial charge in [0.2, 0.25) is 5.95 Å². The number of aromatic nitrogens is 2. The lowest BCUT2D eigenvalue weighted by molar-refractivity contribution is 0.0950. The zero-order chi connectivity index (χ0) is 20.1. The number of hydrogen-bond acceptors (Lipinski definition) is 6. The fourth-order valence-electron chi connectivity index (χ4n) is 3.32. The van der Waals surface area contributed by atoms with E-state index in [2.05, 4.69) is 57.1 Å². The van der Waals surface area contributed by atoms with Crippen LogP contribution in [0.3, 0.4) is 0 Å². The van der Waals surface area contributed by atoms with E-state index in [1.54, 1.807) is 12.4 Å². The van der Waals surface area contributed by atoms with E-state index in [9.17, 15) is 4.79 Å². The zero-order valence-electron chi connectivity index (χ0n) is 17.3. The van der Waals surface area contributed by atoms with E-state index < -0.39 is 0 Å². The highest BCUT2D eigenvalue weighted by Crippen LogP contribution is 2.24. The molecule has 2 aromatic rings. The smallest absolute Gasteiger partial charge is 0.254 e. The number of rotatable bonds is 6. The first-order chi connectivity index (χ1) is 13.5. The van der Waals surface area contributed by atoms with Gasteiger partial charge in [-0.1, -0.05) is 12.1 Å². The fraction of sp³-hybridized carbons (Fsp3) is 0.476. The van der Waals surface area contributed by atoms with E-state index in [1.165, 1.54) is 16.8 Å². The number of nitrogens with zero attached hydrogens (tertiary/aromatic N) is 5. The van der Waals surface area contributed by atoms with Crippen molar-refractivity contribution in [1.82, 2.24) is 20.2 Å².